The number of rotatable bonds is 8. The van der Waals surface area contributed by atoms with Crippen LogP contribution in [0.25, 0.3) is 5.69 Å². The van der Waals surface area contributed by atoms with Crippen LogP contribution in [0, 0.1) is 5.41 Å². The van der Waals surface area contributed by atoms with Gasteiger partial charge >= 0.3 is 11.9 Å². The molecule has 1 unspecified atom stereocenters. The minimum atomic E-state index is -4.26. The summed E-state index contributed by atoms with van der Waals surface area (Å²) in [7, 11) is 0. The quantitative estimate of drug-likeness (QED) is 0.487. The number of aromatic nitrogens is 2. The number of halogens is 3. The molecule has 0 bridgehead atoms. The number of nitrogens with zero attached hydrogens (tertiary/aromatic N) is 5. The second kappa shape index (κ2) is 11.3. The standard InChI is InChI=1S/C30H42F3N7O2/c1-20(40(19-30(31,32)33)24-17-29(18-24)15-22(34)16-29)14-21-4-6-23(7-5-21)39-9-8-25(36-27(39)42)37-10-12-38(13-11-37)26(41)28(2,3)35/h4-9,20,22,24H,10-19,34-35H2,1-3H3. The molecule has 1 atom stereocenters. The lowest BCUT2D eigenvalue weighted by atomic mass is 9.52. The first-order valence-corrected chi connectivity index (χ1v) is 14.7. The van der Waals surface area contributed by atoms with Gasteiger partial charge < -0.3 is 21.3 Å². The third-order valence-electron chi connectivity index (χ3n) is 9.10. The van der Waals surface area contributed by atoms with Gasteiger partial charge in [-0.3, -0.25) is 14.3 Å². The Morgan fingerprint density at radius 3 is 2.21 bits per heavy atom. The van der Waals surface area contributed by atoms with Crippen LogP contribution in [-0.4, -0.2) is 87.8 Å². The van der Waals surface area contributed by atoms with E-state index in [4.69, 9.17) is 11.5 Å². The molecule has 230 valence electrons. The van der Waals surface area contributed by atoms with Gasteiger partial charge in [-0.2, -0.15) is 18.2 Å². The predicted octanol–water partition coefficient (Wildman–Crippen LogP) is 2.68. The van der Waals surface area contributed by atoms with Gasteiger partial charge in [-0.05, 0) is 82.1 Å². The normalized spacial score (nSPS) is 25.4. The Bertz CT molecular complexity index is 1320. The largest absolute Gasteiger partial charge is 0.401 e. The van der Waals surface area contributed by atoms with Gasteiger partial charge in [0.05, 0.1) is 17.8 Å². The maximum atomic E-state index is 13.5. The van der Waals surface area contributed by atoms with Crippen molar-refractivity contribution in [3.8, 4) is 5.69 Å². The molecule has 1 aromatic heterocycles. The van der Waals surface area contributed by atoms with Gasteiger partial charge in [0.15, 0.2) is 0 Å². The average molecular weight is 590 g/mol. The lowest BCUT2D eigenvalue weighted by Crippen LogP contribution is -2.62. The Kier molecular flexibility index (Phi) is 8.19. The number of hydrogen-bond acceptors (Lipinski definition) is 7. The van der Waals surface area contributed by atoms with Crippen LogP contribution in [0.1, 0.15) is 52.0 Å². The van der Waals surface area contributed by atoms with Crippen molar-refractivity contribution in [3.63, 3.8) is 0 Å². The maximum absolute atomic E-state index is 13.5. The van der Waals surface area contributed by atoms with Crippen LogP contribution in [-0.2, 0) is 11.2 Å². The van der Waals surface area contributed by atoms with Gasteiger partial charge in [-0.15, -0.1) is 0 Å². The van der Waals surface area contributed by atoms with Crippen molar-refractivity contribution in [1.82, 2.24) is 19.4 Å². The summed E-state index contributed by atoms with van der Waals surface area (Å²) in [6.45, 7) is 6.42. The highest BCUT2D eigenvalue weighted by Crippen LogP contribution is 2.57. The van der Waals surface area contributed by atoms with Crippen LogP contribution >= 0.6 is 0 Å². The number of piperazine rings is 1. The minimum absolute atomic E-state index is 0.0764. The summed E-state index contributed by atoms with van der Waals surface area (Å²) < 4.78 is 41.9. The van der Waals surface area contributed by atoms with Crippen LogP contribution in [0.5, 0.6) is 0 Å². The minimum Gasteiger partial charge on any atom is -0.353 e. The van der Waals surface area contributed by atoms with Crippen molar-refractivity contribution in [3.05, 3.63) is 52.6 Å². The van der Waals surface area contributed by atoms with Crippen molar-refractivity contribution in [1.29, 1.82) is 0 Å². The molecule has 4 N–H and O–H groups in total. The molecule has 9 nitrogen and oxygen atoms in total. The van der Waals surface area contributed by atoms with Crippen LogP contribution in [0.2, 0.25) is 0 Å². The number of benzene rings is 1. The number of nitrogens with two attached hydrogens (primary N) is 2. The van der Waals surface area contributed by atoms with Crippen molar-refractivity contribution in [2.24, 2.45) is 16.9 Å². The zero-order valence-electron chi connectivity index (χ0n) is 24.6. The van der Waals surface area contributed by atoms with Crippen LogP contribution in [0.3, 0.4) is 0 Å². The van der Waals surface area contributed by atoms with Crippen LogP contribution in [0.4, 0.5) is 19.0 Å². The Morgan fingerprint density at radius 1 is 1.07 bits per heavy atom. The van der Waals surface area contributed by atoms with Crippen molar-refractivity contribution in [2.75, 3.05) is 37.6 Å². The molecule has 5 rings (SSSR count). The van der Waals surface area contributed by atoms with Gasteiger partial charge in [-0.25, -0.2) is 4.79 Å². The van der Waals surface area contributed by atoms with E-state index in [1.807, 2.05) is 24.0 Å². The Balaban J connectivity index is 1.20. The average Bonchev–Trinajstić information content (AvgIpc) is 2.88. The Labute approximate surface area is 244 Å². The molecule has 1 aliphatic heterocycles. The monoisotopic (exact) mass is 589 g/mol. The van der Waals surface area contributed by atoms with E-state index in [1.165, 1.54) is 4.57 Å². The van der Waals surface area contributed by atoms with E-state index < -0.39 is 23.9 Å². The molecule has 1 spiro atoms. The summed E-state index contributed by atoms with van der Waals surface area (Å²) >= 11 is 0. The zero-order chi connectivity index (χ0) is 30.4. The van der Waals surface area contributed by atoms with E-state index in [0.717, 1.165) is 31.2 Å². The molecule has 42 heavy (non-hydrogen) atoms. The van der Waals surface area contributed by atoms with Crippen LogP contribution < -0.4 is 22.1 Å². The highest BCUT2D eigenvalue weighted by molar-refractivity contribution is 5.85. The first-order valence-electron chi connectivity index (χ1n) is 14.7. The number of hydrogen-bond donors (Lipinski definition) is 2. The van der Waals surface area contributed by atoms with Crippen molar-refractivity contribution >= 4 is 11.7 Å². The number of carbonyl (C=O) groups excluding carboxylic acids is 1. The number of carbonyl (C=O) groups is 1. The fraction of sp³-hybridized carbons (Fsp3) is 0.633. The fourth-order valence-electron chi connectivity index (χ4n) is 6.98. The van der Waals surface area contributed by atoms with Gasteiger partial charge in [0, 0.05) is 50.5 Å². The van der Waals surface area contributed by atoms with Gasteiger partial charge in [0.25, 0.3) is 0 Å². The van der Waals surface area contributed by atoms with E-state index in [9.17, 15) is 22.8 Å². The summed E-state index contributed by atoms with van der Waals surface area (Å²) in [6.07, 6.45) is 1.29. The summed E-state index contributed by atoms with van der Waals surface area (Å²) in [4.78, 5) is 34.9. The molecular weight excluding hydrogens is 547 g/mol. The molecule has 2 aliphatic carbocycles. The van der Waals surface area contributed by atoms with E-state index >= 15 is 0 Å². The van der Waals surface area contributed by atoms with Crippen molar-refractivity contribution < 1.29 is 18.0 Å². The molecule has 2 saturated carbocycles. The lowest BCUT2D eigenvalue weighted by molar-refractivity contribution is -0.174. The molecule has 12 heteroatoms. The topological polar surface area (TPSA) is 114 Å². The third-order valence-corrected chi connectivity index (χ3v) is 9.10. The molecule has 2 aromatic rings. The first kappa shape index (κ1) is 30.5. The Morgan fingerprint density at radius 2 is 1.69 bits per heavy atom. The van der Waals surface area contributed by atoms with Crippen LogP contribution in [0.15, 0.2) is 41.3 Å². The number of anilines is 1. The molecule has 1 amide bonds. The third kappa shape index (κ3) is 6.65. The summed E-state index contributed by atoms with van der Waals surface area (Å²) in [6, 6.07) is 8.92. The maximum Gasteiger partial charge on any atom is 0.401 e. The van der Waals surface area contributed by atoms with E-state index in [0.29, 0.717) is 44.1 Å². The predicted molar refractivity (Wildman–Crippen MR) is 155 cm³/mol. The molecular formula is C30H42F3N7O2. The highest BCUT2D eigenvalue weighted by Gasteiger charge is 2.54. The molecule has 3 fully saturated rings. The molecule has 3 aliphatic rings. The number of amides is 1. The van der Waals surface area contributed by atoms with E-state index in [1.54, 1.807) is 48.0 Å². The van der Waals surface area contributed by atoms with Gasteiger partial charge in [-0.1, -0.05) is 12.1 Å². The zero-order valence-corrected chi connectivity index (χ0v) is 24.6. The smallest absolute Gasteiger partial charge is 0.353 e. The molecule has 0 radical (unpaired) electrons. The van der Waals surface area contributed by atoms with Gasteiger partial charge in [0.2, 0.25) is 5.91 Å². The molecule has 1 aromatic carbocycles. The SMILES string of the molecule is CC(Cc1ccc(-n2ccc(N3CCN(C(=O)C(C)(C)N)CC3)nc2=O)cc1)N(CC(F)(F)F)C1CC2(CC(N)C2)C1. The summed E-state index contributed by atoms with van der Waals surface area (Å²) in [5.41, 5.74) is 12.2. The Hall–Kier alpha value is -2.96. The number of alkyl halides is 3. The molecule has 1 saturated heterocycles. The molecule has 2 heterocycles. The van der Waals surface area contributed by atoms with E-state index in [2.05, 4.69) is 4.98 Å². The second-order valence-corrected chi connectivity index (χ2v) is 13.2. The lowest BCUT2D eigenvalue weighted by Gasteiger charge is -2.60. The second-order valence-electron chi connectivity index (χ2n) is 13.2. The van der Waals surface area contributed by atoms with Crippen molar-refractivity contribution in [2.45, 2.75) is 82.7 Å². The fourth-order valence-corrected chi connectivity index (χ4v) is 6.98. The summed E-state index contributed by atoms with van der Waals surface area (Å²) in [5.74, 6) is 0.443. The highest BCUT2D eigenvalue weighted by atomic mass is 19.4. The van der Waals surface area contributed by atoms with Gasteiger partial charge in [0.1, 0.15) is 5.82 Å². The summed E-state index contributed by atoms with van der Waals surface area (Å²) in [5, 5.41) is 0. The van der Waals surface area contributed by atoms with E-state index in [-0.39, 0.29) is 29.4 Å². The first-order chi connectivity index (χ1) is 19.6.